The second kappa shape index (κ2) is 3.62. The van der Waals surface area contributed by atoms with Crippen LogP contribution in [0.25, 0.3) is 0 Å². The SMILES string of the molecule is Fc1cccc(F)c1Cc1ccc[nH]1. The Hall–Kier alpha value is -1.64. The Labute approximate surface area is 80.4 Å². The standard InChI is InChI=1S/C11H9F2N/c12-10-4-1-5-11(13)9(10)7-8-3-2-6-14-8/h1-6,14H,7H2. The van der Waals surface area contributed by atoms with E-state index in [0.29, 0.717) is 0 Å². The van der Waals surface area contributed by atoms with Gasteiger partial charge in [-0.15, -0.1) is 0 Å². The molecule has 0 aliphatic heterocycles. The summed E-state index contributed by atoms with van der Waals surface area (Å²) in [6.07, 6.45) is 1.99. The average molecular weight is 193 g/mol. The molecule has 0 bridgehead atoms. The lowest BCUT2D eigenvalue weighted by molar-refractivity contribution is 0.560. The maximum Gasteiger partial charge on any atom is 0.129 e. The van der Waals surface area contributed by atoms with Gasteiger partial charge in [-0.05, 0) is 24.3 Å². The number of nitrogens with one attached hydrogen (secondary N) is 1. The molecular weight excluding hydrogens is 184 g/mol. The van der Waals surface area contributed by atoms with Gasteiger partial charge in [0.1, 0.15) is 11.6 Å². The molecule has 2 aromatic rings. The lowest BCUT2D eigenvalue weighted by atomic mass is 10.1. The van der Waals surface area contributed by atoms with Crippen molar-refractivity contribution in [2.75, 3.05) is 0 Å². The largest absolute Gasteiger partial charge is 0.365 e. The first-order valence-corrected chi connectivity index (χ1v) is 4.32. The molecule has 3 heteroatoms. The summed E-state index contributed by atoms with van der Waals surface area (Å²) in [6, 6.07) is 7.49. The first kappa shape index (κ1) is 8.94. The van der Waals surface area contributed by atoms with Crippen LogP contribution in [0.1, 0.15) is 11.3 Å². The number of hydrogen-bond donors (Lipinski definition) is 1. The highest BCUT2D eigenvalue weighted by atomic mass is 19.1. The zero-order valence-corrected chi connectivity index (χ0v) is 7.43. The number of aromatic amines is 1. The molecule has 0 aliphatic rings. The summed E-state index contributed by atoms with van der Waals surface area (Å²) in [5.74, 6) is -1.00. The van der Waals surface area contributed by atoms with Gasteiger partial charge in [0.15, 0.2) is 0 Å². The Balaban J connectivity index is 2.33. The molecule has 0 radical (unpaired) electrons. The van der Waals surface area contributed by atoms with Gasteiger partial charge in [-0.25, -0.2) is 8.78 Å². The molecule has 0 unspecified atom stereocenters. The number of H-pyrrole nitrogens is 1. The van der Waals surface area contributed by atoms with Gasteiger partial charge < -0.3 is 4.98 Å². The minimum absolute atomic E-state index is 0.106. The highest BCUT2D eigenvalue weighted by molar-refractivity contribution is 5.25. The van der Waals surface area contributed by atoms with Crippen LogP contribution in [-0.2, 0) is 6.42 Å². The maximum absolute atomic E-state index is 13.2. The average Bonchev–Trinajstić information content (AvgIpc) is 2.64. The molecule has 72 valence electrons. The van der Waals surface area contributed by atoms with Crippen molar-refractivity contribution in [3.63, 3.8) is 0 Å². The normalized spacial score (nSPS) is 10.4. The highest BCUT2D eigenvalue weighted by Gasteiger charge is 2.08. The number of aromatic nitrogens is 1. The Morgan fingerprint density at radius 2 is 1.71 bits per heavy atom. The zero-order valence-electron chi connectivity index (χ0n) is 7.43. The molecule has 0 saturated heterocycles. The molecule has 0 spiro atoms. The summed E-state index contributed by atoms with van der Waals surface area (Å²) in [6.45, 7) is 0. The second-order valence-electron chi connectivity index (χ2n) is 3.07. The van der Waals surface area contributed by atoms with Crippen molar-refractivity contribution in [2.24, 2.45) is 0 Å². The zero-order chi connectivity index (χ0) is 9.97. The second-order valence-corrected chi connectivity index (χ2v) is 3.07. The molecule has 0 saturated carbocycles. The van der Waals surface area contributed by atoms with E-state index in [1.54, 1.807) is 18.3 Å². The molecule has 2 rings (SSSR count). The van der Waals surface area contributed by atoms with E-state index < -0.39 is 11.6 Å². The van der Waals surface area contributed by atoms with Gasteiger partial charge in [0.05, 0.1) is 0 Å². The van der Waals surface area contributed by atoms with E-state index in [1.807, 2.05) is 0 Å². The van der Waals surface area contributed by atoms with E-state index in [1.165, 1.54) is 18.2 Å². The van der Waals surface area contributed by atoms with Crippen LogP contribution >= 0.6 is 0 Å². The molecule has 0 atom stereocenters. The smallest absolute Gasteiger partial charge is 0.129 e. The van der Waals surface area contributed by atoms with E-state index in [9.17, 15) is 8.78 Å². The monoisotopic (exact) mass is 193 g/mol. The van der Waals surface area contributed by atoms with E-state index in [2.05, 4.69) is 4.98 Å². The Kier molecular flexibility index (Phi) is 2.31. The van der Waals surface area contributed by atoms with Crippen molar-refractivity contribution in [2.45, 2.75) is 6.42 Å². The fourth-order valence-electron chi connectivity index (χ4n) is 1.37. The van der Waals surface area contributed by atoms with Crippen molar-refractivity contribution in [1.82, 2.24) is 4.98 Å². The predicted octanol–water partition coefficient (Wildman–Crippen LogP) is 2.88. The summed E-state index contributed by atoms with van der Waals surface area (Å²) >= 11 is 0. The van der Waals surface area contributed by atoms with Crippen LogP contribution in [0.5, 0.6) is 0 Å². The van der Waals surface area contributed by atoms with Crippen molar-refractivity contribution in [1.29, 1.82) is 0 Å². The van der Waals surface area contributed by atoms with E-state index >= 15 is 0 Å². The molecule has 1 heterocycles. The molecule has 0 amide bonds. The van der Waals surface area contributed by atoms with E-state index in [-0.39, 0.29) is 12.0 Å². The Morgan fingerprint density at radius 1 is 1.00 bits per heavy atom. The van der Waals surface area contributed by atoms with Crippen molar-refractivity contribution in [3.8, 4) is 0 Å². The lowest BCUT2D eigenvalue weighted by Crippen LogP contribution is -1.96. The molecule has 1 aromatic carbocycles. The molecule has 0 aliphatic carbocycles. The first-order chi connectivity index (χ1) is 6.77. The van der Waals surface area contributed by atoms with Gasteiger partial charge in [0, 0.05) is 23.9 Å². The summed E-state index contributed by atoms with van der Waals surface area (Å²) < 4.78 is 26.4. The molecular formula is C11H9F2N. The van der Waals surface area contributed by atoms with Gasteiger partial charge in [-0.3, -0.25) is 0 Å². The first-order valence-electron chi connectivity index (χ1n) is 4.32. The highest BCUT2D eigenvalue weighted by Crippen LogP contribution is 2.15. The van der Waals surface area contributed by atoms with Crippen LogP contribution in [0.3, 0.4) is 0 Å². The Bertz CT molecular complexity index is 401. The number of benzene rings is 1. The summed E-state index contributed by atoms with van der Waals surface area (Å²) in [5.41, 5.74) is 0.906. The molecule has 14 heavy (non-hydrogen) atoms. The fraction of sp³-hybridized carbons (Fsp3) is 0.0909. The van der Waals surface area contributed by atoms with Gasteiger partial charge >= 0.3 is 0 Å². The third-order valence-electron chi connectivity index (χ3n) is 2.09. The molecule has 1 nitrogen and oxygen atoms in total. The lowest BCUT2D eigenvalue weighted by Gasteiger charge is -2.02. The van der Waals surface area contributed by atoms with Crippen molar-refractivity contribution < 1.29 is 8.78 Å². The minimum atomic E-state index is -0.500. The number of hydrogen-bond acceptors (Lipinski definition) is 0. The topological polar surface area (TPSA) is 15.8 Å². The number of rotatable bonds is 2. The molecule has 0 fully saturated rings. The predicted molar refractivity (Wildman–Crippen MR) is 50.0 cm³/mol. The van der Waals surface area contributed by atoms with Gasteiger partial charge in [-0.2, -0.15) is 0 Å². The summed E-state index contributed by atoms with van der Waals surface area (Å²) in [7, 11) is 0. The Morgan fingerprint density at radius 3 is 2.29 bits per heavy atom. The minimum Gasteiger partial charge on any atom is -0.365 e. The maximum atomic E-state index is 13.2. The van der Waals surface area contributed by atoms with Crippen molar-refractivity contribution >= 4 is 0 Å². The third-order valence-corrected chi connectivity index (χ3v) is 2.09. The van der Waals surface area contributed by atoms with Crippen LogP contribution in [0, 0.1) is 11.6 Å². The number of halogens is 2. The van der Waals surface area contributed by atoms with E-state index in [4.69, 9.17) is 0 Å². The van der Waals surface area contributed by atoms with E-state index in [0.717, 1.165) is 5.69 Å². The van der Waals surface area contributed by atoms with Crippen LogP contribution in [0.2, 0.25) is 0 Å². The van der Waals surface area contributed by atoms with Crippen LogP contribution < -0.4 is 0 Å². The van der Waals surface area contributed by atoms with Crippen LogP contribution in [0.15, 0.2) is 36.5 Å². The van der Waals surface area contributed by atoms with Crippen LogP contribution in [-0.4, -0.2) is 4.98 Å². The van der Waals surface area contributed by atoms with Crippen molar-refractivity contribution in [3.05, 3.63) is 59.4 Å². The third kappa shape index (κ3) is 1.66. The van der Waals surface area contributed by atoms with Crippen LogP contribution in [0.4, 0.5) is 8.78 Å². The van der Waals surface area contributed by atoms with Gasteiger partial charge in [-0.1, -0.05) is 6.07 Å². The molecule has 1 aromatic heterocycles. The fourth-order valence-corrected chi connectivity index (χ4v) is 1.37. The molecule has 1 N–H and O–H groups in total. The van der Waals surface area contributed by atoms with Gasteiger partial charge in [0.25, 0.3) is 0 Å². The van der Waals surface area contributed by atoms with Gasteiger partial charge in [0.2, 0.25) is 0 Å². The summed E-state index contributed by atoms with van der Waals surface area (Å²) in [4.78, 5) is 2.91. The quantitative estimate of drug-likeness (QED) is 0.754. The summed E-state index contributed by atoms with van der Waals surface area (Å²) in [5, 5.41) is 0.